The molecule has 0 radical (unpaired) electrons. The molecule has 0 saturated heterocycles. The van der Waals surface area contributed by atoms with Gasteiger partial charge in [-0.1, -0.05) is 47.6 Å². The van der Waals surface area contributed by atoms with E-state index in [1.807, 2.05) is 32.0 Å². The minimum absolute atomic E-state index is 0.0866. The second-order valence-electron chi connectivity index (χ2n) is 9.66. The third kappa shape index (κ3) is 6.71. The van der Waals surface area contributed by atoms with Crippen molar-refractivity contribution in [1.29, 1.82) is 5.26 Å². The van der Waals surface area contributed by atoms with E-state index in [0.29, 0.717) is 26.9 Å². The highest BCUT2D eigenvalue weighted by molar-refractivity contribution is 8.03. The van der Waals surface area contributed by atoms with Crippen LogP contribution in [0.15, 0.2) is 64.3 Å². The van der Waals surface area contributed by atoms with Gasteiger partial charge in [-0.3, -0.25) is 4.79 Å². The zero-order valence-electron chi connectivity index (χ0n) is 21.3. The number of carbonyl (C=O) groups excluding carboxylic acids is 2. The Kier molecular flexibility index (Phi) is 8.55. The summed E-state index contributed by atoms with van der Waals surface area (Å²) in [5, 5.41) is 17.4. The van der Waals surface area contributed by atoms with Crippen molar-refractivity contribution >= 4 is 40.9 Å². The van der Waals surface area contributed by atoms with Gasteiger partial charge in [-0.2, -0.15) is 5.26 Å². The van der Waals surface area contributed by atoms with Gasteiger partial charge in [-0.15, -0.1) is 0 Å². The van der Waals surface area contributed by atoms with Crippen LogP contribution in [0.2, 0.25) is 5.02 Å². The maximum atomic E-state index is 13.2. The first-order valence-corrected chi connectivity index (χ1v) is 12.9. The molecule has 3 rings (SSSR count). The first kappa shape index (κ1) is 27.4. The summed E-state index contributed by atoms with van der Waals surface area (Å²) >= 11 is 7.32. The summed E-state index contributed by atoms with van der Waals surface area (Å²) in [7, 11) is 0. The minimum Gasteiger partial charge on any atom is -0.457 e. The fourth-order valence-corrected chi connectivity index (χ4v) is 4.83. The Labute approximate surface area is 221 Å². The van der Waals surface area contributed by atoms with Gasteiger partial charge in [0.2, 0.25) is 5.91 Å². The lowest BCUT2D eigenvalue weighted by Crippen LogP contribution is -2.32. The fourth-order valence-electron chi connectivity index (χ4n) is 3.81. The number of anilines is 1. The molecular formula is C28H30ClN3O3S. The molecule has 0 aromatic heterocycles. The highest BCUT2D eigenvalue weighted by atomic mass is 35.5. The lowest BCUT2D eigenvalue weighted by Gasteiger charge is -2.31. The van der Waals surface area contributed by atoms with Crippen molar-refractivity contribution in [2.45, 2.75) is 53.1 Å². The fraction of sp³-hybridized carbons (Fsp3) is 0.321. The number of carbonyl (C=O) groups is 2. The smallest absolute Gasteiger partial charge is 0.337 e. The maximum Gasteiger partial charge on any atom is 0.337 e. The van der Waals surface area contributed by atoms with Gasteiger partial charge in [0.1, 0.15) is 5.60 Å². The Hall–Kier alpha value is -3.21. The van der Waals surface area contributed by atoms with E-state index in [9.17, 15) is 14.9 Å². The molecule has 1 amide bonds. The molecule has 6 nitrogen and oxygen atoms in total. The van der Waals surface area contributed by atoms with Crippen LogP contribution in [-0.2, 0) is 14.3 Å². The van der Waals surface area contributed by atoms with Gasteiger partial charge in [0.15, 0.2) is 0 Å². The molecule has 0 aliphatic carbocycles. The summed E-state index contributed by atoms with van der Waals surface area (Å²) < 4.78 is 5.67. The topological polar surface area (TPSA) is 91.2 Å². The first-order chi connectivity index (χ1) is 16.9. The van der Waals surface area contributed by atoms with E-state index >= 15 is 0 Å². The molecule has 0 bridgehead atoms. The number of hydrogen-bond acceptors (Lipinski definition) is 6. The molecule has 0 spiro atoms. The third-order valence-corrected chi connectivity index (χ3v) is 6.75. The number of amides is 1. The number of aryl methyl sites for hydroxylation is 2. The molecule has 2 N–H and O–H groups in total. The first-order valence-electron chi connectivity index (χ1n) is 11.5. The quantitative estimate of drug-likeness (QED) is 0.428. The van der Waals surface area contributed by atoms with E-state index in [1.54, 1.807) is 52.0 Å². The third-order valence-electron chi connectivity index (χ3n) is 5.48. The van der Waals surface area contributed by atoms with Crippen molar-refractivity contribution in [3.63, 3.8) is 0 Å². The molecular weight excluding hydrogens is 494 g/mol. The van der Waals surface area contributed by atoms with Crippen molar-refractivity contribution in [3.05, 3.63) is 86.0 Å². The van der Waals surface area contributed by atoms with E-state index in [4.69, 9.17) is 16.3 Å². The zero-order valence-corrected chi connectivity index (χ0v) is 22.9. The number of hydrogen-bond donors (Lipinski definition) is 2. The van der Waals surface area contributed by atoms with Crippen LogP contribution in [0, 0.1) is 25.2 Å². The normalized spacial score (nSPS) is 15.8. The average Bonchev–Trinajstić information content (AvgIpc) is 2.79. The summed E-state index contributed by atoms with van der Waals surface area (Å²) in [6.45, 7) is 11.1. The van der Waals surface area contributed by atoms with Crippen LogP contribution in [0.25, 0.3) is 0 Å². The van der Waals surface area contributed by atoms with E-state index in [-0.39, 0.29) is 11.7 Å². The van der Waals surface area contributed by atoms with Crippen molar-refractivity contribution in [3.8, 4) is 6.07 Å². The standard InChI is InChI=1S/C28H30ClN3O3S/c1-16-7-8-17(2)22(13-16)32-23(33)15-36-26-21(14-30)25(19-9-11-20(29)12-10-19)24(18(3)31-26)27(34)35-28(4,5)6/h7-13,25,31H,15H2,1-6H3,(H,32,33). The molecule has 8 heteroatoms. The number of thioether (sulfide) groups is 1. The summed E-state index contributed by atoms with van der Waals surface area (Å²) in [6.07, 6.45) is 0. The number of nitrogens with one attached hydrogen (secondary N) is 2. The zero-order chi connectivity index (χ0) is 26.6. The van der Waals surface area contributed by atoms with Crippen LogP contribution < -0.4 is 10.6 Å². The molecule has 2 aromatic carbocycles. The number of allylic oxidation sites excluding steroid dienone is 2. The maximum absolute atomic E-state index is 13.2. The Bertz CT molecular complexity index is 1280. The second-order valence-corrected chi connectivity index (χ2v) is 11.1. The number of ether oxygens (including phenoxy) is 1. The van der Waals surface area contributed by atoms with Gasteiger partial charge in [0, 0.05) is 16.4 Å². The molecule has 0 saturated carbocycles. The molecule has 1 aliphatic rings. The largest absolute Gasteiger partial charge is 0.457 e. The Morgan fingerprint density at radius 1 is 1.14 bits per heavy atom. The summed E-state index contributed by atoms with van der Waals surface area (Å²) in [5.41, 5.74) is 4.07. The molecule has 36 heavy (non-hydrogen) atoms. The van der Waals surface area contributed by atoms with E-state index in [2.05, 4.69) is 16.7 Å². The average molecular weight is 524 g/mol. The van der Waals surface area contributed by atoms with Gasteiger partial charge >= 0.3 is 5.97 Å². The molecule has 1 aliphatic heterocycles. The van der Waals surface area contributed by atoms with Gasteiger partial charge in [-0.25, -0.2) is 4.79 Å². The van der Waals surface area contributed by atoms with Crippen LogP contribution in [0.1, 0.15) is 50.3 Å². The summed E-state index contributed by atoms with van der Waals surface area (Å²) in [6, 6.07) is 15.2. The number of rotatable bonds is 6. The monoisotopic (exact) mass is 523 g/mol. The Morgan fingerprint density at radius 2 is 1.81 bits per heavy atom. The van der Waals surface area contributed by atoms with Crippen LogP contribution in [0.4, 0.5) is 5.69 Å². The van der Waals surface area contributed by atoms with Gasteiger partial charge in [0.05, 0.1) is 33.9 Å². The van der Waals surface area contributed by atoms with Crippen LogP contribution in [0.3, 0.4) is 0 Å². The number of esters is 1. The number of nitrogens with zero attached hydrogens (tertiary/aromatic N) is 1. The highest BCUT2D eigenvalue weighted by Gasteiger charge is 2.37. The van der Waals surface area contributed by atoms with Crippen molar-refractivity contribution < 1.29 is 14.3 Å². The Balaban J connectivity index is 1.92. The lowest BCUT2D eigenvalue weighted by atomic mass is 9.82. The molecule has 1 atom stereocenters. The van der Waals surface area contributed by atoms with Crippen molar-refractivity contribution in [2.24, 2.45) is 0 Å². The van der Waals surface area contributed by atoms with E-state index < -0.39 is 17.5 Å². The van der Waals surface area contributed by atoms with Gasteiger partial charge in [-0.05, 0) is 76.4 Å². The van der Waals surface area contributed by atoms with Crippen molar-refractivity contribution in [2.75, 3.05) is 11.1 Å². The Morgan fingerprint density at radius 3 is 2.42 bits per heavy atom. The summed E-state index contributed by atoms with van der Waals surface area (Å²) in [4.78, 5) is 26.0. The minimum atomic E-state index is -0.702. The lowest BCUT2D eigenvalue weighted by molar-refractivity contribution is -0.150. The SMILES string of the molecule is CC1=C(C(=O)OC(C)(C)C)C(c2ccc(Cl)cc2)C(C#N)=C(SCC(=O)Nc2cc(C)ccc2C)N1. The van der Waals surface area contributed by atoms with Crippen molar-refractivity contribution in [1.82, 2.24) is 5.32 Å². The molecule has 1 unspecified atom stereocenters. The number of nitriles is 1. The molecule has 2 aromatic rings. The van der Waals surface area contributed by atoms with Crippen LogP contribution in [-0.4, -0.2) is 23.2 Å². The summed E-state index contributed by atoms with van der Waals surface area (Å²) in [5.74, 6) is -1.27. The second kappa shape index (κ2) is 11.2. The molecule has 1 heterocycles. The predicted octanol–water partition coefficient (Wildman–Crippen LogP) is 6.37. The van der Waals surface area contributed by atoms with Crippen LogP contribution in [0.5, 0.6) is 0 Å². The number of halogens is 1. The van der Waals surface area contributed by atoms with E-state index in [0.717, 1.165) is 22.4 Å². The number of benzene rings is 2. The molecule has 0 fully saturated rings. The van der Waals surface area contributed by atoms with Gasteiger partial charge in [0.25, 0.3) is 0 Å². The van der Waals surface area contributed by atoms with Crippen LogP contribution >= 0.6 is 23.4 Å². The number of dihydropyridines is 1. The van der Waals surface area contributed by atoms with E-state index in [1.165, 1.54) is 11.8 Å². The molecule has 188 valence electrons. The predicted molar refractivity (Wildman–Crippen MR) is 146 cm³/mol. The van der Waals surface area contributed by atoms with Gasteiger partial charge < -0.3 is 15.4 Å². The highest BCUT2D eigenvalue weighted by Crippen LogP contribution is 2.41.